The van der Waals surface area contributed by atoms with E-state index in [2.05, 4.69) is 41.4 Å². The Balaban J connectivity index is 0.00000192. The SMILES string of the molecule is Cc1ccc(CCCCC(=O)N2C3CCNCC2CC3)cc1.Cl. The van der Waals surface area contributed by atoms with E-state index >= 15 is 0 Å². The minimum Gasteiger partial charge on any atom is -0.335 e. The fraction of sp³-hybridized carbons (Fsp3) is 0.632. The monoisotopic (exact) mass is 336 g/mol. The van der Waals surface area contributed by atoms with Crippen LogP contribution in [0.4, 0.5) is 0 Å². The molecule has 2 saturated heterocycles. The van der Waals surface area contributed by atoms with Gasteiger partial charge in [0, 0.05) is 25.0 Å². The van der Waals surface area contributed by atoms with Gasteiger partial charge in [0.1, 0.15) is 0 Å². The molecule has 23 heavy (non-hydrogen) atoms. The molecule has 2 unspecified atom stereocenters. The molecule has 2 atom stereocenters. The minimum atomic E-state index is 0. The average Bonchev–Trinajstić information content (AvgIpc) is 2.78. The molecule has 128 valence electrons. The van der Waals surface area contributed by atoms with Crippen molar-refractivity contribution in [3.05, 3.63) is 35.4 Å². The maximum absolute atomic E-state index is 12.6. The van der Waals surface area contributed by atoms with Gasteiger partial charge in [-0.15, -0.1) is 12.4 Å². The summed E-state index contributed by atoms with van der Waals surface area (Å²) in [5.74, 6) is 0.389. The summed E-state index contributed by atoms with van der Waals surface area (Å²) in [6.07, 6.45) is 7.45. The number of aryl methyl sites for hydroxylation is 2. The quantitative estimate of drug-likeness (QED) is 0.835. The first-order valence-corrected chi connectivity index (χ1v) is 8.81. The van der Waals surface area contributed by atoms with Crippen molar-refractivity contribution < 1.29 is 4.79 Å². The molecule has 0 aliphatic carbocycles. The number of rotatable bonds is 5. The maximum Gasteiger partial charge on any atom is 0.223 e. The summed E-state index contributed by atoms with van der Waals surface area (Å²) in [6.45, 7) is 4.18. The van der Waals surface area contributed by atoms with Crippen molar-refractivity contribution in [3.8, 4) is 0 Å². The normalized spacial score (nSPS) is 23.3. The number of fused-ring (bicyclic) bond motifs is 2. The van der Waals surface area contributed by atoms with Gasteiger partial charge >= 0.3 is 0 Å². The average molecular weight is 337 g/mol. The number of hydrogen-bond donors (Lipinski definition) is 1. The summed E-state index contributed by atoms with van der Waals surface area (Å²) in [4.78, 5) is 14.8. The number of carbonyl (C=O) groups excluding carboxylic acids is 1. The van der Waals surface area contributed by atoms with E-state index in [-0.39, 0.29) is 12.4 Å². The first kappa shape index (κ1) is 18.3. The predicted octanol–water partition coefficient (Wildman–Crippen LogP) is 3.48. The van der Waals surface area contributed by atoms with Crippen LogP contribution in [0.1, 0.15) is 49.7 Å². The number of unbranched alkanes of at least 4 members (excludes halogenated alkanes) is 1. The fourth-order valence-electron chi connectivity index (χ4n) is 3.88. The molecule has 2 aliphatic rings. The second-order valence-corrected chi connectivity index (χ2v) is 6.87. The van der Waals surface area contributed by atoms with E-state index in [1.54, 1.807) is 0 Å². The Bertz CT molecular complexity index is 489. The highest BCUT2D eigenvalue weighted by Gasteiger charge is 2.37. The van der Waals surface area contributed by atoms with Crippen molar-refractivity contribution >= 4 is 18.3 Å². The van der Waals surface area contributed by atoms with Crippen molar-refractivity contribution in [2.45, 2.75) is 64.0 Å². The van der Waals surface area contributed by atoms with Gasteiger partial charge in [0.2, 0.25) is 5.91 Å². The molecule has 1 aromatic rings. The second-order valence-electron chi connectivity index (χ2n) is 6.87. The summed E-state index contributed by atoms with van der Waals surface area (Å²) >= 11 is 0. The third-order valence-electron chi connectivity index (χ3n) is 5.17. The molecular formula is C19H29ClN2O. The number of carbonyl (C=O) groups is 1. The van der Waals surface area contributed by atoms with Crippen LogP contribution in [0.3, 0.4) is 0 Å². The van der Waals surface area contributed by atoms with Gasteiger partial charge in [0.15, 0.2) is 0 Å². The van der Waals surface area contributed by atoms with Crippen LogP contribution in [0.25, 0.3) is 0 Å². The van der Waals surface area contributed by atoms with Crippen LogP contribution >= 0.6 is 12.4 Å². The van der Waals surface area contributed by atoms with E-state index in [1.807, 2.05) is 0 Å². The zero-order chi connectivity index (χ0) is 15.4. The summed E-state index contributed by atoms with van der Waals surface area (Å²) < 4.78 is 0. The van der Waals surface area contributed by atoms with Crippen molar-refractivity contribution in [1.29, 1.82) is 0 Å². The molecule has 0 spiro atoms. The first-order valence-electron chi connectivity index (χ1n) is 8.81. The molecular weight excluding hydrogens is 308 g/mol. The molecule has 2 fully saturated rings. The Morgan fingerprint density at radius 2 is 1.87 bits per heavy atom. The van der Waals surface area contributed by atoms with Crippen LogP contribution in [0, 0.1) is 6.92 Å². The summed E-state index contributed by atoms with van der Waals surface area (Å²) in [7, 11) is 0. The molecule has 0 aromatic heterocycles. The molecule has 3 nitrogen and oxygen atoms in total. The Labute approximate surface area is 146 Å². The molecule has 1 N–H and O–H groups in total. The first-order chi connectivity index (χ1) is 10.7. The largest absolute Gasteiger partial charge is 0.335 e. The fourth-order valence-corrected chi connectivity index (χ4v) is 3.88. The molecule has 2 heterocycles. The Morgan fingerprint density at radius 3 is 2.65 bits per heavy atom. The van der Waals surface area contributed by atoms with Crippen LogP contribution in [0.2, 0.25) is 0 Å². The lowest BCUT2D eigenvalue weighted by atomic mass is 10.0. The van der Waals surface area contributed by atoms with E-state index in [4.69, 9.17) is 0 Å². The predicted molar refractivity (Wildman–Crippen MR) is 97.1 cm³/mol. The lowest BCUT2D eigenvalue weighted by Gasteiger charge is -2.28. The van der Waals surface area contributed by atoms with E-state index in [1.165, 1.54) is 24.0 Å². The van der Waals surface area contributed by atoms with Crippen LogP contribution in [0.15, 0.2) is 24.3 Å². The standard InChI is InChI=1S/C19H28N2O.ClH/c1-15-6-8-16(9-7-15)4-2-3-5-19(22)21-17-10-11-18(21)14-20-13-12-17;/h6-9,17-18,20H,2-5,10-14H2,1H3;1H. The minimum absolute atomic E-state index is 0. The van der Waals surface area contributed by atoms with E-state index in [9.17, 15) is 4.79 Å². The van der Waals surface area contributed by atoms with Crippen molar-refractivity contribution in [1.82, 2.24) is 10.2 Å². The number of hydrogen-bond acceptors (Lipinski definition) is 2. The number of halogens is 1. The molecule has 2 bridgehead atoms. The summed E-state index contributed by atoms with van der Waals surface area (Å²) in [6, 6.07) is 9.71. The number of benzene rings is 1. The van der Waals surface area contributed by atoms with Gasteiger partial charge in [-0.05, 0) is 57.6 Å². The smallest absolute Gasteiger partial charge is 0.223 e. The van der Waals surface area contributed by atoms with Gasteiger partial charge in [0.05, 0.1) is 0 Å². The summed E-state index contributed by atoms with van der Waals surface area (Å²) in [5, 5.41) is 3.46. The Morgan fingerprint density at radius 1 is 1.13 bits per heavy atom. The maximum atomic E-state index is 12.6. The number of amides is 1. The molecule has 1 aromatic carbocycles. The molecule has 1 amide bonds. The van der Waals surface area contributed by atoms with Gasteiger partial charge in [-0.1, -0.05) is 29.8 Å². The van der Waals surface area contributed by atoms with Gasteiger partial charge < -0.3 is 10.2 Å². The topological polar surface area (TPSA) is 32.3 Å². The molecule has 2 aliphatic heterocycles. The van der Waals surface area contributed by atoms with E-state index in [0.717, 1.165) is 45.2 Å². The summed E-state index contributed by atoms with van der Waals surface area (Å²) in [5.41, 5.74) is 2.70. The van der Waals surface area contributed by atoms with Crippen LogP contribution in [0.5, 0.6) is 0 Å². The highest BCUT2D eigenvalue weighted by molar-refractivity contribution is 5.85. The number of nitrogens with zero attached hydrogens (tertiary/aromatic N) is 1. The third-order valence-corrected chi connectivity index (χ3v) is 5.17. The van der Waals surface area contributed by atoms with Crippen molar-refractivity contribution in [3.63, 3.8) is 0 Å². The highest BCUT2D eigenvalue weighted by atomic mass is 35.5. The molecule has 0 saturated carbocycles. The lowest BCUT2D eigenvalue weighted by molar-refractivity contribution is -0.133. The van der Waals surface area contributed by atoms with Crippen LogP contribution in [-0.4, -0.2) is 36.0 Å². The second kappa shape index (κ2) is 8.70. The Hall–Kier alpha value is -1.06. The van der Waals surface area contributed by atoms with Crippen LogP contribution < -0.4 is 5.32 Å². The lowest BCUT2D eigenvalue weighted by Crippen LogP contribution is -2.42. The Kier molecular flexibility index (Phi) is 6.91. The van der Waals surface area contributed by atoms with E-state index in [0.29, 0.717) is 18.0 Å². The number of nitrogens with one attached hydrogen (secondary N) is 1. The highest BCUT2D eigenvalue weighted by Crippen LogP contribution is 2.28. The van der Waals surface area contributed by atoms with Crippen LogP contribution in [-0.2, 0) is 11.2 Å². The zero-order valence-corrected chi connectivity index (χ0v) is 14.9. The van der Waals surface area contributed by atoms with Gasteiger partial charge in [-0.25, -0.2) is 0 Å². The van der Waals surface area contributed by atoms with Gasteiger partial charge in [0.25, 0.3) is 0 Å². The molecule has 3 rings (SSSR count). The van der Waals surface area contributed by atoms with Crippen molar-refractivity contribution in [2.75, 3.05) is 13.1 Å². The molecule has 0 radical (unpaired) electrons. The van der Waals surface area contributed by atoms with E-state index < -0.39 is 0 Å². The molecule has 4 heteroatoms. The van der Waals surface area contributed by atoms with Gasteiger partial charge in [-0.3, -0.25) is 4.79 Å². The zero-order valence-electron chi connectivity index (χ0n) is 14.1. The van der Waals surface area contributed by atoms with Gasteiger partial charge in [-0.2, -0.15) is 0 Å². The third kappa shape index (κ3) is 4.71. The van der Waals surface area contributed by atoms with Crippen molar-refractivity contribution in [2.24, 2.45) is 0 Å².